The molecule has 1 aromatic carbocycles. The number of carbonyl (C=O) groups excluding carboxylic acids is 1. The minimum absolute atomic E-state index is 0.0547. The van der Waals surface area contributed by atoms with Crippen LogP contribution in [-0.2, 0) is 16.0 Å². The van der Waals surface area contributed by atoms with Crippen molar-refractivity contribution >= 4 is 16.8 Å². The average Bonchev–Trinajstić information content (AvgIpc) is 2.97. The number of nitrogens with one attached hydrogen (secondary N) is 2. The van der Waals surface area contributed by atoms with Crippen LogP contribution in [0.1, 0.15) is 38.2 Å². The van der Waals surface area contributed by atoms with Crippen LogP contribution in [0.25, 0.3) is 10.9 Å². The third-order valence-electron chi connectivity index (χ3n) is 5.24. The SMILES string of the molecule is CCOc1cccc2[nH]cc(CC(=O)NCCC3(COC)CCC3)c12. The fraction of sp³-hybridized carbons (Fsp3) is 0.550. The van der Waals surface area contributed by atoms with E-state index in [4.69, 9.17) is 9.47 Å². The van der Waals surface area contributed by atoms with Crippen LogP contribution in [0.5, 0.6) is 5.75 Å². The zero-order valence-corrected chi connectivity index (χ0v) is 15.2. The van der Waals surface area contributed by atoms with Gasteiger partial charge in [-0.2, -0.15) is 0 Å². The summed E-state index contributed by atoms with van der Waals surface area (Å²) in [6, 6.07) is 5.91. The highest BCUT2D eigenvalue weighted by molar-refractivity contribution is 5.93. The van der Waals surface area contributed by atoms with Crippen LogP contribution < -0.4 is 10.1 Å². The van der Waals surface area contributed by atoms with Gasteiger partial charge in [0.1, 0.15) is 5.75 Å². The van der Waals surface area contributed by atoms with Crippen LogP contribution in [0, 0.1) is 5.41 Å². The normalized spacial score (nSPS) is 15.8. The summed E-state index contributed by atoms with van der Waals surface area (Å²) in [4.78, 5) is 15.6. The Morgan fingerprint density at radius 1 is 1.36 bits per heavy atom. The van der Waals surface area contributed by atoms with Crippen molar-refractivity contribution in [2.24, 2.45) is 5.41 Å². The number of ether oxygens (including phenoxy) is 2. The second-order valence-electron chi connectivity index (χ2n) is 6.99. The second-order valence-corrected chi connectivity index (χ2v) is 6.99. The van der Waals surface area contributed by atoms with Crippen molar-refractivity contribution in [1.82, 2.24) is 10.3 Å². The lowest BCUT2D eigenvalue weighted by molar-refractivity contribution is -0.120. The van der Waals surface area contributed by atoms with Gasteiger partial charge < -0.3 is 19.8 Å². The molecule has 1 aromatic heterocycles. The molecule has 25 heavy (non-hydrogen) atoms. The summed E-state index contributed by atoms with van der Waals surface area (Å²) in [5, 5.41) is 4.08. The quantitative estimate of drug-likeness (QED) is 0.732. The van der Waals surface area contributed by atoms with E-state index in [9.17, 15) is 4.79 Å². The van der Waals surface area contributed by atoms with E-state index >= 15 is 0 Å². The van der Waals surface area contributed by atoms with Gasteiger partial charge in [-0.05, 0) is 49.3 Å². The van der Waals surface area contributed by atoms with Crippen molar-refractivity contribution < 1.29 is 14.3 Å². The number of carbonyl (C=O) groups is 1. The average molecular weight is 344 g/mol. The van der Waals surface area contributed by atoms with Gasteiger partial charge in [-0.3, -0.25) is 4.79 Å². The number of hydrogen-bond donors (Lipinski definition) is 2. The fourth-order valence-corrected chi connectivity index (χ4v) is 3.79. The van der Waals surface area contributed by atoms with Crippen LogP contribution >= 0.6 is 0 Å². The molecule has 1 saturated carbocycles. The summed E-state index contributed by atoms with van der Waals surface area (Å²) >= 11 is 0. The van der Waals surface area contributed by atoms with E-state index in [2.05, 4.69) is 10.3 Å². The van der Waals surface area contributed by atoms with Crippen molar-refractivity contribution in [3.8, 4) is 5.75 Å². The Labute approximate surface area is 149 Å². The van der Waals surface area contributed by atoms with Gasteiger partial charge >= 0.3 is 0 Å². The molecule has 0 saturated heterocycles. The molecule has 2 aromatic rings. The van der Waals surface area contributed by atoms with Crippen molar-refractivity contribution in [3.63, 3.8) is 0 Å². The minimum atomic E-state index is 0.0547. The van der Waals surface area contributed by atoms with Gasteiger partial charge in [-0.15, -0.1) is 0 Å². The van der Waals surface area contributed by atoms with E-state index in [0.717, 1.165) is 35.2 Å². The number of H-pyrrole nitrogens is 1. The molecule has 0 spiro atoms. The van der Waals surface area contributed by atoms with Gasteiger partial charge in [0.2, 0.25) is 5.91 Å². The lowest BCUT2D eigenvalue weighted by Gasteiger charge is -2.41. The maximum Gasteiger partial charge on any atom is 0.224 e. The highest BCUT2D eigenvalue weighted by atomic mass is 16.5. The summed E-state index contributed by atoms with van der Waals surface area (Å²) in [7, 11) is 1.76. The van der Waals surface area contributed by atoms with Crippen LogP contribution in [0.3, 0.4) is 0 Å². The Bertz CT molecular complexity index is 719. The Balaban J connectivity index is 1.59. The van der Waals surface area contributed by atoms with Crippen LogP contribution in [0.4, 0.5) is 0 Å². The monoisotopic (exact) mass is 344 g/mol. The molecule has 136 valence electrons. The second kappa shape index (κ2) is 7.91. The number of rotatable bonds is 9. The molecule has 1 aliphatic rings. The molecule has 1 amide bonds. The van der Waals surface area contributed by atoms with Crippen LogP contribution in [0.15, 0.2) is 24.4 Å². The molecule has 0 bridgehead atoms. The first-order chi connectivity index (χ1) is 12.2. The zero-order chi connectivity index (χ0) is 17.7. The summed E-state index contributed by atoms with van der Waals surface area (Å²) < 4.78 is 11.1. The Morgan fingerprint density at radius 3 is 2.88 bits per heavy atom. The molecule has 0 atom stereocenters. The highest BCUT2D eigenvalue weighted by Gasteiger charge is 2.36. The predicted molar refractivity (Wildman–Crippen MR) is 99.0 cm³/mol. The van der Waals surface area contributed by atoms with Gasteiger partial charge in [0.25, 0.3) is 0 Å². The molecule has 0 unspecified atom stereocenters. The molecule has 2 N–H and O–H groups in total. The number of fused-ring (bicyclic) bond motifs is 1. The van der Waals surface area contributed by atoms with Crippen molar-refractivity contribution in [2.75, 3.05) is 26.9 Å². The number of aromatic amines is 1. The number of hydrogen-bond acceptors (Lipinski definition) is 3. The first kappa shape index (κ1) is 17.8. The largest absolute Gasteiger partial charge is 0.493 e. The van der Waals surface area contributed by atoms with E-state index in [1.54, 1.807) is 7.11 Å². The standard InChI is InChI=1S/C20H28N2O3/c1-3-25-17-7-4-6-16-19(17)15(13-22-16)12-18(23)21-11-10-20(14-24-2)8-5-9-20/h4,6-7,13,22H,3,5,8-12,14H2,1-2H3,(H,21,23). The molecule has 3 rings (SSSR count). The van der Waals surface area contributed by atoms with Gasteiger partial charge in [-0.25, -0.2) is 0 Å². The zero-order valence-electron chi connectivity index (χ0n) is 15.2. The Hall–Kier alpha value is -2.01. The first-order valence-corrected chi connectivity index (χ1v) is 9.15. The van der Waals surface area contributed by atoms with E-state index < -0.39 is 0 Å². The van der Waals surface area contributed by atoms with E-state index in [1.807, 2.05) is 31.3 Å². The summed E-state index contributed by atoms with van der Waals surface area (Å²) in [5.74, 6) is 0.886. The predicted octanol–water partition coefficient (Wildman–Crippen LogP) is 3.43. The van der Waals surface area contributed by atoms with E-state index in [1.165, 1.54) is 19.3 Å². The number of methoxy groups -OCH3 is 1. The molecule has 0 aliphatic heterocycles. The molecule has 1 fully saturated rings. The molecule has 0 radical (unpaired) electrons. The Kier molecular flexibility index (Phi) is 5.63. The topological polar surface area (TPSA) is 63.4 Å². The van der Waals surface area contributed by atoms with Gasteiger partial charge in [0.15, 0.2) is 0 Å². The Morgan fingerprint density at radius 2 is 2.20 bits per heavy atom. The summed E-state index contributed by atoms with van der Waals surface area (Å²) in [6.45, 7) is 4.08. The van der Waals surface area contributed by atoms with E-state index in [-0.39, 0.29) is 11.3 Å². The lowest BCUT2D eigenvalue weighted by Crippen LogP contribution is -2.38. The molecule has 5 heteroatoms. The van der Waals surface area contributed by atoms with Gasteiger partial charge in [-0.1, -0.05) is 12.5 Å². The minimum Gasteiger partial charge on any atom is -0.493 e. The summed E-state index contributed by atoms with van der Waals surface area (Å²) in [6.07, 6.45) is 6.94. The third kappa shape index (κ3) is 3.98. The summed E-state index contributed by atoms with van der Waals surface area (Å²) in [5.41, 5.74) is 2.26. The number of amides is 1. The smallest absolute Gasteiger partial charge is 0.224 e. The van der Waals surface area contributed by atoms with Gasteiger partial charge in [0.05, 0.1) is 19.6 Å². The number of aromatic nitrogens is 1. The molecular weight excluding hydrogens is 316 g/mol. The van der Waals surface area contributed by atoms with Crippen molar-refractivity contribution in [1.29, 1.82) is 0 Å². The first-order valence-electron chi connectivity index (χ1n) is 9.15. The van der Waals surface area contributed by atoms with Crippen molar-refractivity contribution in [2.45, 2.75) is 39.0 Å². The van der Waals surface area contributed by atoms with Crippen molar-refractivity contribution in [3.05, 3.63) is 30.0 Å². The molecule has 1 aliphatic carbocycles. The molecule has 1 heterocycles. The third-order valence-corrected chi connectivity index (χ3v) is 5.24. The van der Waals surface area contributed by atoms with Crippen LogP contribution in [-0.4, -0.2) is 37.8 Å². The maximum atomic E-state index is 12.4. The van der Waals surface area contributed by atoms with E-state index in [0.29, 0.717) is 19.6 Å². The van der Waals surface area contributed by atoms with Gasteiger partial charge in [0, 0.05) is 30.8 Å². The highest BCUT2D eigenvalue weighted by Crippen LogP contribution is 2.43. The maximum absolute atomic E-state index is 12.4. The molecular formula is C20H28N2O3. The number of benzene rings is 1. The fourth-order valence-electron chi connectivity index (χ4n) is 3.79. The lowest BCUT2D eigenvalue weighted by atomic mass is 9.67. The molecule has 5 nitrogen and oxygen atoms in total. The van der Waals surface area contributed by atoms with Crippen LogP contribution in [0.2, 0.25) is 0 Å².